The van der Waals surface area contributed by atoms with Crippen LogP contribution >= 0.6 is 0 Å². The Morgan fingerprint density at radius 3 is 2.43 bits per heavy atom. The van der Waals surface area contributed by atoms with Crippen LogP contribution in [0.25, 0.3) is 0 Å². The van der Waals surface area contributed by atoms with Crippen molar-refractivity contribution in [1.29, 1.82) is 0 Å². The molecular weight excluding hydrogens is 310 g/mol. The zero-order valence-electron chi connectivity index (χ0n) is 13.6. The number of anilines is 1. The van der Waals surface area contributed by atoms with Gasteiger partial charge in [0.1, 0.15) is 0 Å². The van der Waals surface area contributed by atoms with Crippen molar-refractivity contribution in [3.8, 4) is 11.5 Å². The molecule has 0 bridgehead atoms. The fraction of sp³-hybridized carbons (Fsp3) is 0.333. The number of hydrogen-bond donors (Lipinski definition) is 1. The van der Waals surface area contributed by atoms with Crippen LogP contribution in [0.5, 0.6) is 11.5 Å². The first kappa shape index (κ1) is 15.9. The van der Waals surface area contributed by atoms with Gasteiger partial charge in [-0.2, -0.15) is 0 Å². The summed E-state index contributed by atoms with van der Waals surface area (Å²) in [6.45, 7) is 4.68. The van der Waals surface area contributed by atoms with Crippen LogP contribution in [0.15, 0.2) is 47.4 Å². The van der Waals surface area contributed by atoms with Crippen LogP contribution in [0.1, 0.15) is 25.8 Å². The molecule has 1 aliphatic heterocycles. The van der Waals surface area contributed by atoms with E-state index in [4.69, 9.17) is 9.47 Å². The Labute approximate surface area is 139 Å². The molecule has 5 heteroatoms. The molecule has 3 rings (SSSR count). The van der Waals surface area contributed by atoms with Gasteiger partial charge in [-0.15, -0.1) is 0 Å². The van der Waals surface area contributed by atoms with E-state index < -0.39 is 16.6 Å². The molecule has 4 nitrogen and oxygen atoms in total. The second-order valence-corrected chi connectivity index (χ2v) is 7.18. The zero-order valence-corrected chi connectivity index (χ0v) is 14.4. The van der Waals surface area contributed by atoms with Gasteiger partial charge in [-0.3, -0.25) is 4.21 Å². The van der Waals surface area contributed by atoms with Gasteiger partial charge in [0.15, 0.2) is 11.5 Å². The highest BCUT2D eigenvalue weighted by Crippen LogP contribution is 2.42. The first-order chi connectivity index (χ1) is 11.0. The Morgan fingerprint density at radius 2 is 1.78 bits per heavy atom. The van der Waals surface area contributed by atoms with Gasteiger partial charge in [0.25, 0.3) is 0 Å². The van der Waals surface area contributed by atoms with Gasteiger partial charge in [-0.05, 0) is 29.8 Å². The fourth-order valence-electron chi connectivity index (χ4n) is 2.42. The summed E-state index contributed by atoms with van der Waals surface area (Å²) in [6, 6.07) is 13.7. The van der Waals surface area contributed by atoms with E-state index in [2.05, 4.69) is 5.32 Å². The number of hydrogen-bond acceptors (Lipinski definition) is 4. The molecular formula is C18H21NO3S. The molecule has 0 aliphatic carbocycles. The molecule has 122 valence electrons. The normalized spacial score (nSPS) is 20.3. The lowest BCUT2D eigenvalue weighted by atomic mass is 10.2. The van der Waals surface area contributed by atoms with Crippen molar-refractivity contribution < 1.29 is 13.7 Å². The molecule has 2 aromatic rings. The summed E-state index contributed by atoms with van der Waals surface area (Å²) in [5, 5.41) is 3.37. The van der Waals surface area contributed by atoms with Crippen molar-refractivity contribution >= 4 is 16.5 Å². The van der Waals surface area contributed by atoms with Crippen LogP contribution in [-0.4, -0.2) is 16.3 Å². The summed E-state index contributed by atoms with van der Waals surface area (Å²) >= 11 is 0. The molecule has 23 heavy (non-hydrogen) atoms. The van der Waals surface area contributed by atoms with Crippen LogP contribution < -0.4 is 14.8 Å². The van der Waals surface area contributed by atoms with Crippen molar-refractivity contribution in [2.45, 2.75) is 37.5 Å². The lowest BCUT2D eigenvalue weighted by molar-refractivity contribution is -0.0640. The van der Waals surface area contributed by atoms with Gasteiger partial charge < -0.3 is 14.8 Å². The first-order valence-corrected chi connectivity index (χ1v) is 9.23. The van der Waals surface area contributed by atoms with Crippen LogP contribution in [-0.2, 0) is 17.3 Å². The van der Waals surface area contributed by atoms with Gasteiger partial charge in [0, 0.05) is 53.6 Å². The molecule has 0 aromatic heterocycles. The maximum Gasteiger partial charge on any atom is 0.248 e. The summed E-state index contributed by atoms with van der Waals surface area (Å²) in [6.07, 6.45) is 2.47. The summed E-state index contributed by atoms with van der Waals surface area (Å²) in [5.41, 5.74) is 2.12. The third-order valence-corrected chi connectivity index (χ3v) is 4.93. The molecule has 0 saturated heterocycles. The van der Waals surface area contributed by atoms with Crippen molar-refractivity contribution in [1.82, 2.24) is 0 Å². The van der Waals surface area contributed by atoms with E-state index >= 15 is 0 Å². The number of nitrogens with one attached hydrogen (secondary N) is 1. The van der Waals surface area contributed by atoms with E-state index in [-0.39, 0.29) is 0 Å². The number of ether oxygens (including phenoxy) is 2. The Bertz CT molecular complexity index is 730. The Balaban J connectivity index is 1.66. The minimum absolute atomic E-state index is 0.563. The van der Waals surface area contributed by atoms with Gasteiger partial charge in [-0.25, -0.2) is 0 Å². The van der Waals surface area contributed by atoms with Gasteiger partial charge in [0.05, 0.1) is 0 Å². The largest absolute Gasteiger partial charge is 0.449 e. The molecule has 1 heterocycles. The summed E-state index contributed by atoms with van der Waals surface area (Å²) in [5.74, 6) is 0.998. The predicted molar refractivity (Wildman–Crippen MR) is 92.5 cm³/mol. The zero-order chi connectivity index (χ0) is 16.4. The molecule has 1 N–H and O–H groups in total. The van der Waals surface area contributed by atoms with Crippen LogP contribution in [0.3, 0.4) is 0 Å². The van der Waals surface area contributed by atoms with Gasteiger partial charge in [0.2, 0.25) is 5.79 Å². The van der Waals surface area contributed by atoms with Gasteiger partial charge in [-0.1, -0.05) is 19.1 Å². The minimum atomic E-state index is -0.937. The predicted octanol–water partition coefficient (Wildman–Crippen LogP) is 3.93. The van der Waals surface area contributed by atoms with Gasteiger partial charge >= 0.3 is 0 Å². The van der Waals surface area contributed by atoms with Crippen molar-refractivity contribution in [3.05, 3.63) is 48.0 Å². The van der Waals surface area contributed by atoms with Crippen LogP contribution in [0, 0.1) is 0 Å². The standard InChI is InChI=1S/C18H21NO3S/c1-4-18(2)21-16-10-7-14(11-17(16)22-18)19-12-13-5-8-15(9-6-13)23(3)20/h5-11,19H,4,12H2,1-3H3/t18-,23+/m1/s1. The number of benzene rings is 2. The van der Waals surface area contributed by atoms with Crippen LogP contribution in [0.2, 0.25) is 0 Å². The average Bonchev–Trinajstić information content (AvgIpc) is 2.89. The monoisotopic (exact) mass is 331 g/mol. The SMILES string of the molecule is CC[C@]1(C)Oc2ccc(NCc3ccc([S@](C)=O)cc3)cc2O1. The quantitative estimate of drug-likeness (QED) is 0.902. The smallest absolute Gasteiger partial charge is 0.248 e. The lowest BCUT2D eigenvalue weighted by Gasteiger charge is -2.20. The molecule has 2 atom stereocenters. The van der Waals surface area contributed by atoms with E-state index in [1.807, 2.05) is 56.3 Å². The van der Waals surface area contributed by atoms with E-state index in [1.165, 1.54) is 0 Å². The minimum Gasteiger partial charge on any atom is -0.449 e. The highest BCUT2D eigenvalue weighted by atomic mass is 32.2. The van der Waals surface area contributed by atoms with E-state index in [1.54, 1.807) is 6.26 Å². The summed E-state index contributed by atoms with van der Waals surface area (Å²) in [4.78, 5) is 0.843. The highest BCUT2D eigenvalue weighted by Gasteiger charge is 2.34. The van der Waals surface area contributed by atoms with E-state index in [0.717, 1.165) is 34.1 Å². The van der Waals surface area contributed by atoms with E-state index in [9.17, 15) is 4.21 Å². The molecule has 0 unspecified atom stereocenters. The first-order valence-electron chi connectivity index (χ1n) is 7.67. The Hall–Kier alpha value is -2.01. The summed E-state index contributed by atoms with van der Waals surface area (Å²) in [7, 11) is -0.937. The third-order valence-electron chi connectivity index (χ3n) is 3.99. The second kappa shape index (κ2) is 6.24. The molecule has 0 spiro atoms. The average molecular weight is 331 g/mol. The maximum atomic E-state index is 11.4. The Morgan fingerprint density at radius 1 is 1.09 bits per heavy atom. The molecule has 2 aromatic carbocycles. The molecule has 0 radical (unpaired) electrons. The molecule has 0 amide bonds. The topological polar surface area (TPSA) is 47.6 Å². The molecule has 0 fully saturated rings. The molecule has 0 saturated carbocycles. The van der Waals surface area contributed by atoms with E-state index in [0.29, 0.717) is 6.54 Å². The molecule has 1 aliphatic rings. The second-order valence-electron chi connectivity index (χ2n) is 5.80. The number of rotatable bonds is 5. The van der Waals surface area contributed by atoms with Crippen LogP contribution in [0.4, 0.5) is 5.69 Å². The fourth-order valence-corrected chi connectivity index (χ4v) is 2.93. The lowest BCUT2D eigenvalue weighted by Crippen LogP contribution is -2.33. The van der Waals surface area contributed by atoms with Crippen molar-refractivity contribution in [2.24, 2.45) is 0 Å². The summed E-state index contributed by atoms with van der Waals surface area (Å²) < 4.78 is 23.1. The number of fused-ring (bicyclic) bond motifs is 1. The Kier molecular flexibility index (Phi) is 4.31. The van der Waals surface area contributed by atoms with Crippen molar-refractivity contribution in [3.63, 3.8) is 0 Å². The highest BCUT2D eigenvalue weighted by molar-refractivity contribution is 7.84. The maximum absolute atomic E-state index is 11.4. The van der Waals surface area contributed by atoms with Crippen molar-refractivity contribution in [2.75, 3.05) is 11.6 Å². The third kappa shape index (κ3) is 3.50.